The summed E-state index contributed by atoms with van der Waals surface area (Å²) in [5.74, 6) is -1.02. The third kappa shape index (κ3) is 3.81. The van der Waals surface area contributed by atoms with Gasteiger partial charge in [-0.15, -0.1) is 11.3 Å². The van der Waals surface area contributed by atoms with Gasteiger partial charge in [0.15, 0.2) is 5.01 Å². The normalized spacial score (nSPS) is 10.5. The number of hydrogen-bond donors (Lipinski definition) is 0. The van der Waals surface area contributed by atoms with Gasteiger partial charge >= 0.3 is 0 Å². The maximum absolute atomic E-state index is 13.1. The molecule has 0 fully saturated rings. The van der Waals surface area contributed by atoms with Gasteiger partial charge in [-0.1, -0.05) is 91.0 Å². The number of carbonyl (C=O) groups is 3. The summed E-state index contributed by atoms with van der Waals surface area (Å²) in [5, 5.41) is 0.120. The zero-order chi connectivity index (χ0) is 20.2. The molecule has 4 aromatic rings. The zero-order valence-electron chi connectivity index (χ0n) is 15.2. The minimum absolute atomic E-state index is 0.00864. The lowest BCUT2D eigenvalue weighted by molar-refractivity contribution is 0.100. The summed E-state index contributed by atoms with van der Waals surface area (Å²) < 4.78 is 0. The molecule has 140 valence electrons. The molecular formula is C24H15NO3S. The summed E-state index contributed by atoms with van der Waals surface area (Å²) in [6.45, 7) is 0. The molecule has 0 unspecified atom stereocenters. The predicted octanol–water partition coefficient (Wildman–Crippen LogP) is 4.84. The van der Waals surface area contributed by atoms with Crippen molar-refractivity contribution in [2.45, 2.75) is 0 Å². The van der Waals surface area contributed by atoms with Crippen molar-refractivity contribution in [3.05, 3.63) is 123 Å². The lowest BCUT2D eigenvalue weighted by Gasteiger charge is -2.02. The fourth-order valence-electron chi connectivity index (χ4n) is 2.88. The van der Waals surface area contributed by atoms with Crippen molar-refractivity contribution in [2.24, 2.45) is 0 Å². The minimum Gasteiger partial charge on any atom is -0.288 e. The van der Waals surface area contributed by atoms with E-state index in [9.17, 15) is 14.4 Å². The van der Waals surface area contributed by atoms with Crippen LogP contribution in [0.1, 0.15) is 46.7 Å². The first-order valence-corrected chi connectivity index (χ1v) is 9.77. The number of aromatic nitrogens is 1. The van der Waals surface area contributed by atoms with Gasteiger partial charge in [0.05, 0.1) is 0 Å². The van der Waals surface area contributed by atoms with Gasteiger partial charge in [0.1, 0.15) is 10.6 Å². The third-order valence-corrected chi connectivity index (χ3v) is 5.40. The summed E-state index contributed by atoms with van der Waals surface area (Å²) in [7, 11) is 0. The summed E-state index contributed by atoms with van der Waals surface area (Å²) in [6.07, 6.45) is 0. The van der Waals surface area contributed by atoms with E-state index in [2.05, 4.69) is 4.98 Å². The predicted molar refractivity (Wildman–Crippen MR) is 112 cm³/mol. The van der Waals surface area contributed by atoms with Crippen molar-refractivity contribution in [1.29, 1.82) is 0 Å². The SMILES string of the molecule is O=C(c1ccccc1)c1nc(C(=O)c2ccccc2)c(C(=O)c2ccccc2)s1. The Bertz CT molecular complexity index is 1110. The van der Waals surface area contributed by atoms with Crippen molar-refractivity contribution < 1.29 is 14.4 Å². The molecule has 0 aliphatic rings. The average Bonchev–Trinajstić information content (AvgIpc) is 3.24. The van der Waals surface area contributed by atoms with Gasteiger partial charge in [0.25, 0.3) is 0 Å². The lowest BCUT2D eigenvalue weighted by atomic mass is 10.0. The number of rotatable bonds is 6. The van der Waals surface area contributed by atoms with E-state index in [0.717, 1.165) is 11.3 Å². The molecule has 0 bridgehead atoms. The zero-order valence-corrected chi connectivity index (χ0v) is 16.1. The number of thiazole rings is 1. The molecule has 1 heterocycles. The van der Waals surface area contributed by atoms with E-state index >= 15 is 0 Å². The number of benzene rings is 3. The molecule has 0 aliphatic heterocycles. The minimum atomic E-state index is -0.381. The molecule has 5 heteroatoms. The Labute approximate surface area is 171 Å². The highest BCUT2D eigenvalue weighted by Crippen LogP contribution is 2.26. The Kier molecular flexibility index (Phi) is 5.22. The molecule has 4 nitrogen and oxygen atoms in total. The Hall–Kier alpha value is -3.70. The molecule has 3 aromatic carbocycles. The van der Waals surface area contributed by atoms with Gasteiger partial charge in [-0.3, -0.25) is 14.4 Å². The first-order chi connectivity index (χ1) is 14.1. The van der Waals surface area contributed by atoms with Crippen LogP contribution < -0.4 is 0 Å². The van der Waals surface area contributed by atoms with Crippen LogP contribution in [0.5, 0.6) is 0 Å². The second-order valence-electron chi connectivity index (χ2n) is 6.28. The smallest absolute Gasteiger partial charge is 0.221 e. The molecule has 0 atom stereocenters. The van der Waals surface area contributed by atoms with E-state index < -0.39 is 0 Å². The molecule has 29 heavy (non-hydrogen) atoms. The monoisotopic (exact) mass is 397 g/mol. The van der Waals surface area contributed by atoms with Crippen LogP contribution in [-0.2, 0) is 0 Å². The molecule has 0 amide bonds. The van der Waals surface area contributed by atoms with E-state index in [1.165, 1.54) is 0 Å². The first kappa shape index (κ1) is 18.7. The van der Waals surface area contributed by atoms with Crippen molar-refractivity contribution in [3.8, 4) is 0 Å². The molecular weight excluding hydrogens is 382 g/mol. The highest BCUT2D eigenvalue weighted by atomic mass is 32.1. The molecule has 0 saturated carbocycles. The quantitative estimate of drug-likeness (QED) is 0.437. The largest absolute Gasteiger partial charge is 0.288 e. The van der Waals surface area contributed by atoms with Crippen LogP contribution in [0.25, 0.3) is 0 Å². The summed E-state index contributed by atoms with van der Waals surface area (Å²) in [5.41, 5.74) is 1.32. The highest BCUT2D eigenvalue weighted by molar-refractivity contribution is 7.16. The van der Waals surface area contributed by atoms with Crippen LogP contribution >= 0.6 is 11.3 Å². The summed E-state index contributed by atoms with van der Waals surface area (Å²) >= 11 is 0.957. The van der Waals surface area contributed by atoms with Crippen LogP contribution in [-0.4, -0.2) is 22.3 Å². The molecule has 0 aliphatic carbocycles. The van der Waals surface area contributed by atoms with Crippen LogP contribution in [0.2, 0.25) is 0 Å². The maximum atomic E-state index is 13.1. The third-order valence-electron chi connectivity index (χ3n) is 4.35. The number of nitrogens with zero attached hydrogens (tertiary/aromatic N) is 1. The molecule has 0 saturated heterocycles. The fourth-order valence-corrected chi connectivity index (χ4v) is 3.87. The molecule has 4 rings (SSSR count). The maximum Gasteiger partial charge on any atom is 0.221 e. The lowest BCUT2D eigenvalue weighted by Crippen LogP contribution is -2.10. The number of hydrogen-bond acceptors (Lipinski definition) is 5. The standard InChI is InChI=1S/C24H15NO3S/c26-20(16-10-4-1-5-11-16)19-23(21(27)17-12-6-2-7-13-17)29-24(25-19)22(28)18-14-8-3-9-15-18/h1-15H. The van der Waals surface area contributed by atoms with E-state index in [1.54, 1.807) is 78.9 Å². The average molecular weight is 397 g/mol. The fraction of sp³-hybridized carbons (Fsp3) is 0. The van der Waals surface area contributed by atoms with Gasteiger partial charge in [-0.05, 0) is 0 Å². The van der Waals surface area contributed by atoms with E-state index in [1.807, 2.05) is 12.1 Å². The van der Waals surface area contributed by atoms with Gasteiger partial charge in [0, 0.05) is 16.7 Å². The first-order valence-electron chi connectivity index (χ1n) is 8.95. The van der Waals surface area contributed by atoms with Crippen molar-refractivity contribution in [3.63, 3.8) is 0 Å². The second-order valence-corrected chi connectivity index (χ2v) is 7.28. The second kappa shape index (κ2) is 8.12. The number of ketones is 3. The topological polar surface area (TPSA) is 64.1 Å². The van der Waals surface area contributed by atoms with Crippen molar-refractivity contribution >= 4 is 28.7 Å². The van der Waals surface area contributed by atoms with Crippen LogP contribution in [0.4, 0.5) is 0 Å². The molecule has 0 N–H and O–H groups in total. The van der Waals surface area contributed by atoms with Crippen molar-refractivity contribution in [2.75, 3.05) is 0 Å². The van der Waals surface area contributed by atoms with E-state index in [4.69, 9.17) is 0 Å². The van der Waals surface area contributed by atoms with Gasteiger partial charge < -0.3 is 0 Å². The van der Waals surface area contributed by atoms with Crippen LogP contribution in [0, 0.1) is 0 Å². The Morgan fingerprint density at radius 2 is 0.966 bits per heavy atom. The number of carbonyl (C=O) groups excluding carboxylic acids is 3. The summed E-state index contributed by atoms with van der Waals surface area (Å²) in [4.78, 5) is 43.5. The van der Waals surface area contributed by atoms with Crippen LogP contribution in [0.15, 0.2) is 91.0 Å². The van der Waals surface area contributed by atoms with Gasteiger partial charge in [-0.2, -0.15) is 0 Å². The van der Waals surface area contributed by atoms with E-state index in [0.29, 0.717) is 16.7 Å². The van der Waals surface area contributed by atoms with Gasteiger partial charge in [-0.25, -0.2) is 4.98 Å². The summed E-state index contributed by atoms with van der Waals surface area (Å²) in [6, 6.07) is 26.0. The molecule has 0 spiro atoms. The highest BCUT2D eigenvalue weighted by Gasteiger charge is 2.27. The van der Waals surface area contributed by atoms with Crippen molar-refractivity contribution in [1.82, 2.24) is 4.98 Å². The Balaban J connectivity index is 1.82. The Morgan fingerprint density at radius 3 is 1.45 bits per heavy atom. The van der Waals surface area contributed by atoms with E-state index in [-0.39, 0.29) is 32.9 Å². The molecule has 1 aromatic heterocycles. The Morgan fingerprint density at radius 1 is 0.552 bits per heavy atom. The van der Waals surface area contributed by atoms with Gasteiger partial charge in [0.2, 0.25) is 17.3 Å². The molecule has 0 radical (unpaired) electrons. The van der Waals surface area contributed by atoms with Crippen LogP contribution in [0.3, 0.4) is 0 Å².